The predicted octanol–water partition coefficient (Wildman–Crippen LogP) is 2.53. The molecule has 1 aromatic carbocycles. The fourth-order valence-corrected chi connectivity index (χ4v) is 3.26. The zero-order valence-electron chi connectivity index (χ0n) is 9.54. The molecule has 0 aromatic heterocycles. The fraction of sp³-hybridized carbons (Fsp3) is 0.500. The van der Waals surface area contributed by atoms with Crippen LogP contribution in [0.2, 0.25) is 5.02 Å². The van der Waals surface area contributed by atoms with Crippen molar-refractivity contribution in [2.45, 2.75) is 17.7 Å². The van der Waals surface area contributed by atoms with Gasteiger partial charge in [0.15, 0.2) is 0 Å². The van der Waals surface area contributed by atoms with E-state index in [0.29, 0.717) is 5.75 Å². The van der Waals surface area contributed by atoms with Crippen LogP contribution in [0.25, 0.3) is 0 Å². The van der Waals surface area contributed by atoms with Crippen molar-refractivity contribution in [3.63, 3.8) is 0 Å². The largest absolute Gasteiger partial charge is 0.396 e. The Morgan fingerprint density at radius 2 is 2.06 bits per heavy atom. The van der Waals surface area contributed by atoms with Crippen molar-refractivity contribution in [1.29, 1.82) is 0 Å². The molecule has 0 spiro atoms. The summed E-state index contributed by atoms with van der Waals surface area (Å²) in [6, 6.07) is 4.11. The maximum Gasteiger partial charge on any atom is 0.0544 e. The number of benzene rings is 1. The highest BCUT2D eigenvalue weighted by Gasteiger charge is 2.14. The summed E-state index contributed by atoms with van der Waals surface area (Å²) >= 11 is 7.89. The molecule has 1 aliphatic heterocycles. The molecule has 0 aliphatic carbocycles. The lowest BCUT2D eigenvalue weighted by Crippen LogP contribution is -2.16. The second-order valence-corrected chi connectivity index (χ2v) is 5.35. The SMILES string of the molecule is Cl.OCCSc1c(Cl)ccc2c1CCNCC2. The Bertz CT molecular complexity index is 374. The molecule has 0 bridgehead atoms. The molecule has 2 N–H and O–H groups in total. The highest BCUT2D eigenvalue weighted by atomic mass is 35.5. The Kier molecular flexibility index (Phi) is 6.67. The molecule has 1 aliphatic rings. The topological polar surface area (TPSA) is 32.3 Å². The molecule has 96 valence electrons. The lowest BCUT2D eigenvalue weighted by atomic mass is 10.0. The van der Waals surface area contributed by atoms with Crippen LogP contribution in [0.15, 0.2) is 17.0 Å². The van der Waals surface area contributed by atoms with Gasteiger partial charge < -0.3 is 10.4 Å². The van der Waals surface area contributed by atoms with Crippen LogP contribution < -0.4 is 5.32 Å². The van der Waals surface area contributed by atoms with Crippen LogP contribution in [0.3, 0.4) is 0 Å². The molecule has 5 heteroatoms. The number of rotatable bonds is 3. The molecular formula is C12H17Cl2NOS. The van der Waals surface area contributed by atoms with E-state index in [2.05, 4.69) is 11.4 Å². The summed E-state index contributed by atoms with van der Waals surface area (Å²) in [4.78, 5) is 1.16. The van der Waals surface area contributed by atoms with Crippen molar-refractivity contribution in [2.24, 2.45) is 0 Å². The second-order valence-electron chi connectivity index (χ2n) is 3.84. The minimum atomic E-state index is 0. The number of thioether (sulfide) groups is 1. The summed E-state index contributed by atoms with van der Waals surface area (Å²) in [6.07, 6.45) is 2.10. The molecule has 17 heavy (non-hydrogen) atoms. The first kappa shape index (κ1) is 15.1. The van der Waals surface area contributed by atoms with Crippen LogP contribution in [0.4, 0.5) is 0 Å². The molecule has 0 fully saturated rings. The van der Waals surface area contributed by atoms with E-state index in [1.54, 1.807) is 11.8 Å². The summed E-state index contributed by atoms with van der Waals surface area (Å²) in [7, 11) is 0. The van der Waals surface area contributed by atoms with E-state index in [-0.39, 0.29) is 19.0 Å². The van der Waals surface area contributed by atoms with E-state index in [1.165, 1.54) is 11.1 Å². The quantitative estimate of drug-likeness (QED) is 0.840. The first-order valence-corrected chi connectivity index (χ1v) is 6.94. The lowest BCUT2D eigenvalue weighted by molar-refractivity contribution is 0.322. The van der Waals surface area contributed by atoms with E-state index in [0.717, 1.165) is 35.8 Å². The molecule has 0 saturated heterocycles. The minimum Gasteiger partial charge on any atom is -0.396 e. The van der Waals surface area contributed by atoms with Crippen molar-refractivity contribution in [1.82, 2.24) is 5.32 Å². The molecule has 1 aromatic rings. The summed E-state index contributed by atoms with van der Waals surface area (Å²) in [5, 5.41) is 13.1. The van der Waals surface area contributed by atoms with Gasteiger partial charge in [0.25, 0.3) is 0 Å². The molecule has 0 unspecified atom stereocenters. The van der Waals surface area contributed by atoms with Crippen LogP contribution in [-0.2, 0) is 12.8 Å². The van der Waals surface area contributed by atoms with E-state index in [1.807, 2.05) is 6.07 Å². The van der Waals surface area contributed by atoms with E-state index < -0.39 is 0 Å². The Morgan fingerprint density at radius 3 is 2.82 bits per heavy atom. The smallest absolute Gasteiger partial charge is 0.0544 e. The Hall–Kier alpha value is 0.0700. The summed E-state index contributed by atoms with van der Waals surface area (Å²) in [5.74, 6) is 0.712. The van der Waals surface area contributed by atoms with Crippen LogP contribution in [-0.4, -0.2) is 30.6 Å². The maximum atomic E-state index is 8.90. The standard InChI is InChI=1S/C12H16ClNOS.ClH/c13-11-2-1-9-3-5-14-6-4-10(9)12(11)16-8-7-15;/h1-2,14-15H,3-8H2;1H. The molecular weight excluding hydrogens is 277 g/mol. The average molecular weight is 294 g/mol. The molecule has 0 radical (unpaired) electrons. The third-order valence-electron chi connectivity index (χ3n) is 2.77. The molecule has 2 rings (SSSR count). The predicted molar refractivity (Wildman–Crippen MR) is 76.8 cm³/mol. The first-order chi connectivity index (χ1) is 7.83. The maximum absolute atomic E-state index is 8.90. The molecule has 2 nitrogen and oxygen atoms in total. The normalized spacial score (nSPS) is 14.7. The van der Waals surface area contributed by atoms with Gasteiger partial charge in [-0.05, 0) is 43.1 Å². The van der Waals surface area contributed by atoms with E-state index in [4.69, 9.17) is 16.7 Å². The number of nitrogens with one attached hydrogen (secondary N) is 1. The van der Waals surface area contributed by atoms with Gasteiger partial charge in [0, 0.05) is 10.6 Å². The third-order valence-corrected chi connectivity index (χ3v) is 4.34. The van der Waals surface area contributed by atoms with Crippen molar-refractivity contribution in [3.05, 3.63) is 28.3 Å². The van der Waals surface area contributed by atoms with Gasteiger partial charge in [-0.1, -0.05) is 17.7 Å². The zero-order chi connectivity index (χ0) is 11.4. The van der Waals surface area contributed by atoms with Gasteiger partial charge in [0.05, 0.1) is 11.6 Å². The van der Waals surface area contributed by atoms with Crippen molar-refractivity contribution in [3.8, 4) is 0 Å². The summed E-state index contributed by atoms with van der Waals surface area (Å²) < 4.78 is 0. The minimum absolute atomic E-state index is 0. The molecule has 0 saturated carbocycles. The third kappa shape index (κ3) is 3.76. The molecule has 1 heterocycles. The van der Waals surface area contributed by atoms with Crippen molar-refractivity contribution in [2.75, 3.05) is 25.4 Å². The highest BCUT2D eigenvalue weighted by molar-refractivity contribution is 7.99. The zero-order valence-corrected chi connectivity index (χ0v) is 11.9. The van der Waals surface area contributed by atoms with Gasteiger partial charge in [-0.25, -0.2) is 0 Å². The first-order valence-electron chi connectivity index (χ1n) is 5.57. The molecule has 0 amide bonds. The van der Waals surface area contributed by atoms with Crippen molar-refractivity contribution < 1.29 is 5.11 Å². The number of hydrogen-bond donors (Lipinski definition) is 2. The lowest BCUT2D eigenvalue weighted by Gasteiger charge is -2.13. The van der Waals surface area contributed by atoms with E-state index >= 15 is 0 Å². The van der Waals surface area contributed by atoms with Crippen LogP contribution in [0, 0.1) is 0 Å². The van der Waals surface area contributed by atoms with Gasteiger partial charge in [-0.2, -0.15) is 0 Å². The van der Waals surface area contributed by atoms with Gasteiger partial charge in [-0.15, -0.1) is 24.2 Å². The van der Waals surface area contributed by atoms with E-state index in [9.17, 15) is 0 Å². The monoisotopic (exact) mass is 293 g/mol. The van der Waals surface area contributed by atoms with Gasteiger partial charge in [0.2, 0.25) is 0 Å². The Labute approximate surface area is 118 Å². The number of aliphatic hydroxyl groups is 1. The Balaban J connectivity index is 0.00000144. The van der Waals surface area contributed by atoms with Crippen LogP contribution in [0.5, 0.6) is 0 Å². The fourth-order valence-electron chi connectivity index (χ4n) is 2.01. The number of hydrogen-bond acceptors (Lipinski definition) is 3. The number of fused-ring (bicyclic) bond motifs is 1. The van der Waals surface area contributed by atoms with Gasteiger partial charge in [0.1, 0.15) is 0 Å². The van der Waals surface area contributed by atoms with Crippen LogP contribution in [0.1, 0.15) is 11.1 Å². The number of halogens is 2. The second kappa shape index (κ2) is 7.49. The summed E-state index contributed by atoms with van der Waals surface area (Å²) in [5.41, 5.74) is 2.77. The number of aliphatic hydroxyl groups excluding tert-OH is 1. The van der Waals surface area contributed by atoms with Gasteiger partial charge in [-0.3, -0.25) is 0 Å². The van der Waals surface area contributed by atoms with Crippen molar-refractivity contribution >= 4 is 35.8 Å². The molecule has 0 atom stereocenters. The Morgan fingerprint density at radius 1 is 1.29 bits per heavy atom. The van der Waals surface area contributed by atoms with Crippen LogP contribution >= 0.6 is 35.8 Å². The summed E-state index contributed by atoms with van der Waals surface area (Å²) in [6.45, 7) is 2.25. The van der Waals surface area contributed by atoms with Gasteiger partial charge >= 0.3 is 0 Å². The highest BCUT2D eigenvalue weighted by Crippen LogP contribution is 2.33. The average Bonchev–Trinajstić information content (AvgIpc) is 2.53.